The largest absolute Gasteiger partial charge is 0.354 e. The van der Waals surface area contributed by atoms with E-state index < -0.39 is 0 Å². The van der Waals surface area contributed by atoms with Crippen LogP contribution in [0.5, 0.6) is 0 Å². The van der Waals surface area contributed by atoms with E-state index >= 15 is 0 Å². The average molecular weight is 285 g/mol. The van der Waals surface area contributed by atoms with Crippen molar-refractivity contribution in [1.29, 1.82) is 0 Å². The number of carbonyl (C=O) groups excluding carboxylic acids is 1. The van der Waals surface area contributed by atoms with Crippen molar-refractivity contribution in [2.24, 2.45) is 5.73 Å². The number of hydrogen-bond donors (Lipinski definition) is 2. The summed E-state index contributed by atoms with van der Waals surface area (Å²) in [5.74, 6) is 1.19. The zero-order valence-corrected chi connectivity index (χ0v) is 12.3. The van der Waals surface area contributed by atoms with Crippen molar-refractivity contribution in [2.45, 2.75) is 38.8 Å². The van der Waals surface area contributed by atoms with Crippen LogP contribution < -0.4 is 11.1 Å². The quantitative estimate of drug-likeness (QED) is 0.620. The molecule has 1 aromatic heterocycles. The van der Waals surface area contributed by atoms with Gasteiger partial charge in [0.15, 0.2) is 0 Å². The second-order valence-corrected chi connectivity index (χ2v) is 5.35. The van der Waals surface area contributed by atoms with Gasteiger partial charge in [-0.15, -0.1) is 5.10 Å². The lowest BCUT2D eigenvalue weighted by Gasteiger charge is -2.04. The van der Waals surface area contributed by atoms with Crippen LogP contribution >= 0.6 is 11.8 Å². The van der Waals surface area contributed by atoms with E-state index in [9.17, 15) is 4.79 Å². The van der Waals surface area contributed by atoms with Gasteiger partial charge in [0.2, 0.25) is 5.91 Å². The molecule has 108 valence electrons. The number of hydrogen-bond acceptors (Lipinski definition) is 5. The van der Waals surface area contributed by atoms with Crippen LogP contribution in [0.25, 0.3) is 0 Å². The number of rotatable bonds is 10. The van der Waals surface area contributed by atoms with Crippen molar-refractivity contribution in [3.05, 3.63) is 11.9 Å². The Bertz CT molecular complexity index is 369. The van der Waals surface area contributed by atoms with Crippen LogP contribution in [0.15, 0.2) is 6.20 Å². The van der Waals surface area contributed by atoms with Crippen molar-refractivity contribution in [1.82, 2.24) is 20.3 Å². The summed E-state index contributed by atoms with van der Waals surface area (Å²) in [7, 11) is 0. The van der Waals surface area contributed by atoms with Crippen molar-refractivity contribution in [3.63, 3.8) is 0 Å². The molecule has 1 heterocycles. The number of aromatic nitrogens is 3. The Hall–Kier alpha value is -1.08. The summed E-state index contributed by atoms with van der Waals surface area (Å²) in [5.41, 5.74) is 6.12. The molecule has 0 aliphatic rings. The van der Waals surface area contributed by atoms with Crippen LogP contribution in [0.3, 0.4) is 0 Å². The van der Waals surface area contributed by atoms with Gasteiger partial charge in [-0.05, 0) is 24.9 Å². The number of carbonyl (C=O) groups is 1. The van der Waals surface area contributed by atoms with Gasteiger partial charge in [-0.25, -0.2) is 4.68 Å². The fraction of sp³-hybridized carbons (Fsp3) is 0.750. The minimum absolute atomic E-state index is 0.0300. The number of nitrogens with two attached hydrogens (primary N) is 1. The topological polar surface area (TPSA) is 85.8 Å². The molecule has 0 saturated heterocycles. The number of nitrogens with zero attached hydrogens (tertiary/aromatic N) is 3. The summed E-state index contributed by atoms with van der Waals surface area (Å²) in [5, 5.41) is 10.5. The van der Waals surface area contributed by atoms with Gasteiger partial charge in [0.1, 0.15) is 6.54 Å². The van der Waals surface area contributed by atoms with Crippen LogP contribution in [-0.2, 0) is 17.9 Å². The zero-order valence-electron chi connectivity index (χ0n) is 11.5. The number of thioether (sulfide) groups is 1. The minimum Gasteiger partial charge on any atom is -0.354 e. The number of amides is 1. The molecule has 0 aliphatic heterocycles. The van der Waals surface area contributed by atoms with Crippen LogP contribution in [0.2, 0.25) is 0 Å². The van der Waals surface area contributed by atoms with Crippen molar-refractivity contribution in [2.75, 3.05) is 18.6 Å². The Morgan fingerprint density at radius 3 is 2.89 bits per heavy atom. The molecule has 19 heavy (non-hydrogen) atoms. The summed E-state index contributed by atoms with van der Waals surface area (Å²) >= 11 is 1.88. The summed E-state index contributed by atoms with van der Waals surface area (Å²) in [6, 6.07) is 0. The maximum atomic E-state index is 11.6. The van der Waals surface area contributed by atoms with Gasteiger partial charge in [0.25, 0.3) is 0 Å². The van der Waals surface area contributed by atoms with E-state index in [0.717, 1.165) is 13.0 Å². The van der Waals surface area contributed by atoms with Gasteiger partial charge in [0, 0.05) is 13.1 Å². The fourth-order valence-corrected chi connectivity index (χ4v) is 2.16. The molecule has 1 aromatic rings. The van der Waals surface area contributed by atoms with E-state index in [-0.39, 0.29) is 12.5 Å². The standard InChI is InChI=1S/C12H23N5OS/c1-19-7-5-3-2-4-6-14-12(18)10-17-9-11(8-13)15-16-17/h9H,2-8,10,13H2,1H3,(H,14,18). The molecule has 7 heteroatoms. The van der Waals surface area contributed by atoms with E-state index in [4.69, 9.17) is 5.73 Å². The highest BCUT2D eigenvalue weighted by atomic mass is 32.2. The van der Waals surface area contributed by atoms with E-state index in [2.05, 4.69) is 21.9 Å². The first-order valence-electron chi connectivity index (χ1n) is 6.61. The van der Waals surface area contributed by atoms with Gasteiger partial charge in [0.05, 0.1) is 11.9 Å². The van der Waals surface area contributed by atoms with E-state index in [1.807, 2.05) is 11.8 Å². The first-order chi connectivity index (χ1) is 9.26. The minimum atomic E-state index is -0.0300. The van der Waals surface area contributed by atoms with Crippen LogP contribution in [-0.4, -0.2) is 39.5 Å². The van der Waals surface area contributed by atoms with Crippen LogP contribution in [0.1, 0.15) is 31.4 Å². The SMILES string of the molecule is CSCCCCCCNC(=O)Cn1cc(CN)nn1. The highest BCUT2D eigenvalue weighted by molar-refractivity contribution is 7.98. The molecule has 0 bridgehead atoms. The lowest BCUT2D eigenvalue weighted by atomic mass is 10.2. The lowest BCUT2D eigenvalue weighted by molar-refractivity contribution is -0.121. The predicted molar refractivity (Wildman–Crippen MR) is 77.8 cm³/mol. The molecular weight excluding hydrogens is 262 g/mol. The Labute approximate surface area is 118 Å². The molecule has 0 saturated carbocycles. The van der Waals surface area contributed by atoms with Gasteiger partial charge in [-0.2, -0.15) is 11.8 Å². The van der Waals surface area contributed by atoms with Gasteiger partial charge in [-0.3, -0.25) is 4.79 Å². The Kier molecular flexibility index (Phi) is 8.24. The predicted octanol–water partition coefficient (Wildman–Crippen LogP) is 0.776. The Morgan fingerprint density at radius 1 is 1.42 bits per heavy atom. The molecule has 6 nitrogen and oxygen atoms in total. The second kappa shape index (κ2) is 9.80. The van der Waals surface area contributed by atoms with E-state index in [1.165, 1.54) is 29.7 Å². The van der Waals surface area contributed by atoms with Crippen LogP contribution in [0.4, 0.5) is 0 Å². The Morgan fingerprint density at radius 2 is 2.21 bits per heavy atom. The summed E-state index contributed by atoms with van der Waals surface area (Å²) in [6.45, 7) is 1.29. The first-order valence-corrected chi connectivity index (χ1v) is 8.00. The van der Waals surface area contributed by atoms with Gasteiger partial charge < -0.3 is 11.1 Å². The van der Waals surface area contributed by atoms with E-state index in [0.29, 0.717) is 12.2 Å². The molecular formula is C12H23N5OS. The summed E-state index contributed by atoms with van der Waals surface area (Å²) < 4.78 is 1.51. The highest BCUT2D eigenvalue weighted by Crippen LogP contribution is 2.03. The smallest absolute Gasteiger partial charge is 0.241 e. The maximum absolute atomic E-state index is 11.6. The summed E-state index contributed by atoms with van der Waals surface area (Å²) in [6.07, 6.45) is 8.52. The zero-order chi connectivity index (χ0) is 13.9. The van der Waals surface area contributed by atoms with Gasteiger partial charge in [-0.1, -0.05) is 18.1 Å². The molecule has 0 spiro atoms. The normalized spacial score (nSPS) is 10.6. The molecule has 0 unspecified atom stereocenters. The Balaban J connectivity index is 2.04. The third-order valence-corrected chi connectivity index (χ3v) is 3.40. The average Bonchev–Trinajstić information content (AvgIpc) is 2.85. The molecule has 1 amide bonds. The van der Waals surface area contributed by atoms with Crippen molar-refractivity contribution in [3.8, 4) is 0 Å². The lowest BCUT2D eigenvalue weighted by Crippen LogP contribution is -2.28. The maximum Gasteiger partial charge on any atom is 0.241 e. The number of unbranched alkanes of at least 4 members (excludes halogenated alkanes) is 3. The van der Waals surface area contributed by atoms with Gasteiger partial charge >= 0.3 is 0 Å². The molecule has 3 N–H and O–H groups in total. The van der Waals surface area contributed by atoms with Crippen molar-refractivity contribution < 1.29 is 4.79 Å². The number of nitrogens with one attached hydrogen (secondary N) is 1. The third kappa shape index (κ3) is 7.17. The molecule has 0 aromatic carbocycles. The molecule has 0 aliphatic carbocycles. The molecule has 0 fully saturated rings. The first kappa shape index (κ1) is 16.0. The van der Waals surface area contributed by atoms with Crippen molar-refractivity contribution >= 4 is 17.7 Å². The monoisotopic (exact) mass is 285 g/mol. The molecule has 0 atom stereocenters. The molecule has 0 radical (unpaired) electrons. The third-order valence-electron chi connectivity index (χ3n) is 2.70. The summed E-state index contributed by atoms with van der Waals surface area (Å²) in [4.78, 5) is 11.6. The van der Waals surface area contributed by atoms with Crippen LogP contribution in [0, 0.1) is 0 Å². The molecule has 1 rings (SSSR count). The second-order valence-electron chi connectivity index (χ2n) is 4.37. The fourth-order valence-electron chi connectivity index (χ4n) is 1.67. The highest BCUT2D eigenvalue weighted by Gasteiger charge is 2.04. The van der Waals surface area contributed by atoms with E-state index in [1.54, 1.807) is 6.20 Å².